The van der Waals surface area contributed by atoms with Crippen molar-refractivity contribution in [1.82, 2.24) is 10.3 Å². The Labute approximate surface area is 144 Å². The molecular weight excluding hydrogens is 326 g/mol. The van der Waals surface area contributed by atoms with Crippen molar-refractivity contribution in [2.24, 2.45) is 0 Å². The third-order valence-corrected chi connectivity index (χ3v) is 4.62. The number of hydrogen-bond acceptors (Lipinski definition) is 5. The summed E-state index contributed by atoms with van der Waals surface area (Å²) in [5.74, 6) is -0.439. The first-order valence-corrected chi connectivity index (χ1v) is 8.31. The van der Waals surface area contributed by atoms with E-state index in [1.807, 2.05) is 24.3 Å². The van der Waals surface area contributed by atoms with Crippen LogP contribution in [0.3, 0.4) is 0 Å². The number of aromatic nitrogens is 1. The first-order chi connectivity index (χ1) is 11.7. The Morgan fingerprint density at radius 1 is 1.29 bits per heavy atom. The van der Waals surface area contributed by atoms with Gasteiger partial charge in [0.1, 0.15) is 11.6 Å². The van der Waals surface area contributed by atoms with Crippen LogP contribution in [0.1, 0.15) is 10.4 Å². The van der Waals surface area contributed by atoms with E-state index in [0.717, 1.165) is 4.90 Å². The zero-order chi connectivity index (χ0) is 16.9. The van der Waals surface area contributed by atoms with Crippen LogP contribution < -0.4 is 10.2 Å². The number of benzene rings is 1. The first kappa shape index (κ1) is 16.5. The molecule has 0 radical (unpaired) electrons. The number of carbonyl (C=O) groups is 2. The van der Waals surface area contributed by atoms with Gasteiger partial charge in [0.25, 0.3) is 5.91 Å². The van der Waals surface area contributed by atoms with E-state index in [1.165, 1.54) is 16.7 Å². The molecule has 3 rings (SSSR count). The molecule has 2 heterocycles. The van der Waals surface area contributed by atoms with Crippen LogP contribution in [0.15, 0.2) is 52.5 Å². The zero-order valence-corrected chi connectivity index (χ0v) is 14.0. The molecule has 1 aliphatic heterocycles. The number of rotatable bonds is 5. The van der Waals surface area contributed by atoms with E-state index >= 15 is 0 Å². The topological polar surface area (TPSA) is 71.5 Å². The molecule has 2 amide bonds. The number of nitrogens with one attached hydrogen (secondary N) is 1. The largest absolute Gasteiger partial charge is 0.383 e. The Morgan fingerprint density at radius 2 is 2.12 bits per heavy atom. The summed E-state index contributed by atoms with van der Waals surface area (Å²) in [5.41, 5.74) is 1.22. The van der Waals surface area contributed by atoms with Crippen molar-refractivity contribution in [2.75, 3.05) is 31.7 Å². The van der Waals surface area contributed by atoms with Gasteiger partial charge in [0.2, 0.25) is 5.91 Å². The molecule has 0 fully saturated rings. The lowest BCUT2D eigenvalue weighted by Gasteiger charge is -2.21. The Bertz CT molecular complexity index is 766. The van der Waals surface area contributed by atoms with E-state index in [9.17, 15) is 9.59 Å². The smallest absolute Gasteiger partial charge is 0.259 e. The molecule has 0 saturated heterocycles. The molecule has 1 aliphatic rings. The summed E-state index contributed by atoms with van der Waals surface area (Å²) >= 11 is 1.43. The van der Waals surface area contributed by atoms with E-state index < -0.39 is 0 Å². The van der Waals surface area contributed by atoms with Gasteiger partial charge >= 0.3 is 0 Å². The van der Waals surface area contributed by atoms with E-state index in [2.05, 4.69) is 10.3 Å². The zero-order valence-electron chi connectivity index (χ0n) is 13.2. The predicted molar refractivity (Wildman–Crippen MR) is 91.4 cm³/mol. The van der Waals surface area contributed by atoms with Crippen LogP contribution in [0.4, 0.5) is 5.69 Å². The molecule has 0 unspecified atom stereocenters. The molecule has 0 saturated carbocycles. The maximum atomic E-state index is 12.9. The Hall–Kier alpha value is -2.38. The SMILES string of the molecule is COCCNC(=O)CN1C(=O)c2ccccc2Sc2ncccc21. The van der Waals surface area contributed by atoms with Crippen LogP contribution in [0, 0.1) is 0 Å². The lowest BCUT2D eigenvalue weighted by Crippen LogP contribution is -2.41. The lowest BCUT2D eigenvalue weighted by molar-refractivity contribution is -0.119. The average molecular weight is 343 g/mol. The Balaban J connectivity index is 1.92. The summed E-state index contributed by atoms with van der Waals surface area (Å²) in [6.07, 6.45) is 1.68. The van der Waals surface area contributed by atoms with Crippen LogP contribution in [-0.4, -0.2) is 43.6 Å². The maximum absolute atomic E-state index is 12.9. The van der Waals surface area contributed by atoms with Gasteiger partial charge in [-0.3, -0.25) is 14.5 Å². The number of carbonyl (C=O) groups excluding carboxylic acids is 2. The van der Waals surface area contributed by atoms with Crippen LogP contribution in [-0.2, 0) is 9.53 Å². The second kappa shape index (κ2) is 7.46. The molecule has 1 aromatic heterocycles. The quantitative estimate of drug-likeness (QED) is 0.840. The molecule has 7 heteroatoms. The van der Waals surface area contributed by atoms with E-state index in [-0.39, 0.29) is 18.4 Å². The van der Waals surface area contributed by atoms with Gasteiger partial charge in [-0.1, -0.05) is 23.9 Å². The predicted octanol–water partition coefficient (Wildman–Crippen LogP) is 1.96. The maximum Gasteiger partial charge on any atom is 0.259 e. The minimum atomic E-state index is -0.236. The minimum absolute atomic E-state index is 0.0594. The number of fused-ring (bicyclic) bond motifs is 2. The Kier molecular flexibility index (Phi) is 5.12. The van der Waals surface area contributed by atoms with Gasteiger partial charge in [-0.05, 0) is 24.3 Å². The van der Waals surface area contributed by atoms with Gasteiger partial charge in [-0.25, -0.2) is 4.98 Å². The number of ether oxygens (including phenoxy) is 1. The van der Waals surface area contributed by atoms with E-state index in [0.29, 0.717) is 29.4 Å². The highest BCUT2D eigenvalue weighted by Crippen LogP contribution is 2.39. The molecule has 2 aromatic rings. The lowest BCUT2D eigenvalue weighted by atomic mass is 10.2. The average Bonchev–Trinajstić information content (AvgIpc) is 2.71. The number of pyridine rings is 1. The van der Waals surface area contributed by atoms with Crippen LogP contribution in [0.5, 0.6) is 0 Å². The van der Waals surface area contributed by atoms with Gasteiger partial charge in [-0.15, -0.1) is 0 Å². The third kappa shape index (κ3) is 3.42. The second-order valence-corrected chi connectivity index (χ2v) is 6.19. The van der Waals surface area contributed by atoms with E-state index in [1.54, 1.807) is 25.4 Å². The number of nitrogens with zero attached hydrogens (tertiary/aromatic N) is 2. The highest BCUT2D eigenvalue weighted by atomic mass is 32.2. The summed E-state index contributed by atoms with van der Waals surface area (Å²) in [6.45, 7) is 0.773. The van der Waals surface area contributed by atoms with Crippen molar-refractivity contribution in [3.63, 3.8) is 0 Å². The van der Waals surface area contributed by atoms with Crippen LogP contribution in [0.25, 0.3) is 0 Å². The monoisotopic (exact) mass is 343 g/mol. The van der Waals surface area contributed by atoms with Crippen molar-refractivity contribution in [1.29, 1.82) is 0 Å². The molecule has 6 nitrogen and oxygen atoms in total. The van der Waals surface area contributed by atoms with Crippen molar-refractivity contribution >= 4 is 29.3 Å². The molecule has 0 spiro atoms. The highest BCUT2D eigenvalue weighted by molar-refractivity contribution is 7.99. The van der Waals surface area contributed by atoms with Gasteiger partial charge in [0.15, 0.2) is 0 Å². The molecule has 24 heavy (non-hydrogen) atoms. The van der Waals surface area contributed by atoms with Crippen LogP contribution in [0.2, 0.25) is 0 Å². The summed E-state index contributed by atoms with van der Waals surface area (Å²) in [7, 11) is 1.57. The summed E-state index contributed by atoms with van der Waals surface area (Å²) < 4.78 is 4.92. The van der Waals surface area contributed by atoms with Crippen molar-refractivity contribution in [2.45, 2.75) is 9.92 Å². The normalized spacial score (nSPS) is 13.0. The van der Waals surface area contributed by atoms with E-state index in [4.69, 9.17) is 4.74 Å². The molecule has 1 aromatic carbocycles. The highest BCUT2D eigenvalue weighted by Gasteiger charge is 2.29. The second-order valence-electron chi connectivity index (χ2n) is 5.16. The van der Waals surface area contributed by atoms with Gasteiger partial charge in [-0.2, -0.15) is 0 Å². The molecule has 0 bridgehead atoms. The summed E-state index contributed by atoms with van der Waals surface area (Å²) in [5, 5.41) is 3.45. The number of amides is 2. The fourth-order valence-corrected chi connectivity index (χ4v) is 3.42. The Morgan fingerprint density at radius 3 is 2.96 bits per heavy atom. The first-order valence-electron chi connectivity index (χ1n) is 7.50. The minimum Gasteiger partial charge on any atom is -0.383 e. The molecular formula is C17H17N3O3S. The van der Waals surface area contributed by atoms with Gasteiger partial charge in [0, 0.05) is 24.7 Å². The molecule has 124 valence electrons. The molecule has 0 atom stereocenters. The standard InChI is InChI=1S/C17H17N3O3S/c1-23-10-9-18-15(21)11-20-13-6-4-8-19-16(13)24-14-7-3-2-5-12(14)17(20)22/h2-8H,9-11H2,1H3,(H,18,21). The fourth-order valence-electron chi connectivity index (χ4n) is 2.41. The summed E-state index contributed by atoms with van der Waals surface area (Å²) in [4.78, 5) is 31.8. The van der Waals surface area contributed by atoms with Crippen LogP contribution >= 0.6 is 11.8 Å². The van der Waals surface area contributed by atoms with Crippen molar-refractivity contribution in [3.05, 3.63) is 48.2 Å². The third-order valence-electron chi connectivity index (χ3n) is 3.54. The molecule has 0 aliphatic carbocycles. The number of anilines is 1. The van der Waals surface area contributed by atoms with Crippen molar-refractivity contribution in [3.8, 4) is 0 Å². The van der Waals surface area contributed by atoms with Gasteiger partial charge < -0.3 is 10.1 Å². The number of hydrogen-bond donors (Lipinski definition) is 1. The summed E-state index contributed by atoms with van der Waals surface area (Å²) in [6, 6.07) is 10.9. The van der Waals surface area contributed by atoms with Gasteiger partial charge in [0.05, 0.1) is 17.9 Å². The fraction of sp³-hybridized carbons (Fsp3) is 0.235. The molecule has 1 N–H and O–H groups in total. The number of methoxy groups -OCH3 is 1. The van der Waals surface area contributed by atoms with Crippen molar-refractivity contribution < 1.29 is 14.3 Å².